The Hall–Kier alpha value is -2.05. The average molecular weight is 245 g/mol. The molecule has 92 valence electrons. The summed E-state index contributed by atoms with van der Waals surface area (Å²) in [6, 6.07) is 3.45. The highest BCUT2D eigenvalue weighted by Crippen LogP contribution is 2.25. The number of hydrogen-bond acceptors (Lipinski definition) is 3. The van der Waals surface area contributed by atoms with Gasteiger partial charge in [-0.1, -0.05) is 6.07 Å². The predicted octanol–water partition coefficient (Wildman–Crippen LogP) is 2.17. The summed E-state index contributed by atoms with van der Waals surface area (Å²) in [6.07, 6.45) is -1.06. The Bertz CT molecular complexity index is 473. The van der Waals surface area contributed by atoms with Crippen LogP contribution < -0.4 is 0 Å². The molecular weight excluding hydrogens is 236 g/mol. The van der Waals surface area contributed by atoms with Crippen molar-refractivity contribution >= 4 is 11.7 Å². The van der Waals surface area contributed by atoms with Crippen LogP contribution in [0.4, 0.5) is 14.5 Å². The van der Waals surface area contributed by atoms with E-state index >= 15 is 0 Å². The van der Waals surface area contributed by atoms with E-state index in [1.54, 1.807) is 0 Å². The molecule has 1 aromatic rings. The second-order valence-electron chi connectivity index (χ2n) is 3.55. The van der Waals surface area contributed by atoms with Gasteiger partial charge in [0.15, 0.2) is 0 Å². The fraction of sp³-hybridized carbons (Fsp3) is 0.300. The Morgan fingerprint density at radius 3 is 2.59 bits per heavy atom. The first-order chi connectivity index (χ1) is 7.74. The molecule has 0 aliphatic rings. The minimum Gasteiger partial charge on any atom is -0.477 e. The maximum atomic E-state index is 13.0. The number of carboxylic acid groups (broad SMARTS) is 1. The molecule has 0 aliphatic heterocycles. The van der Waals surface area contributed by atoms with Gasteiger partial charge in [-0.05, 0) is 18.1 Å². The van der Waals surface area contributed by atoms with E-state index in [0.29, 0.717) is 5.56 Å². The van der Waals surface area contributed by atoms with Crippen molar-refractivity contribution in [3.8, 4) is 0 Å². The molecule has 7 heteroatoms. The molecule has 0 aromatic heterocycles. The SMILES string of the molecule is Cc1ccc([N+](=O)[O-])cc1CC(F)(F)C(=O)O. The fourth-order valence-electron chi connectivity index (χ4n) is 1.28. The minimum absolute atomic E-state index is 0.0494. The smallest absolute Gasteiger partial charge is 0.374 e. The van der Waals surface area contributed by atoms with Gasteiger partial charge < -0.3 is 5.11 Å². The van der Waals surface area contributed by atoms with E-state index in [-0.39, 0.29) is 11.3 Å². The Kier molecular flexibility index (Phi) is 3.40. The Morgan fingerprint density at radius 2 is 2.12 bits per heavy atom. The topological polar surface area (TPSA) is 80.4 Å². The number of carbonyl (C=O) groups is 1. The lowest BCUT2D eigenvalue weighted by Gasteiger charge is -2.12. The fourth-order valence-corrected chi connectivity index (χ4v) is 1.28. The predicted molar refractivity (Wildman–Crippen MR) is 54.1 cm³/mol. The molecule has 0 atom stereocenters. The maximum absolute atomic E-state index is 13.0. The molecule has 0 saturated carbocycles. The first-order valence-electron chi connectivity index (χ1n) is 4.59. The van der Waals surface area contributed by atoms with Gasteiger partial charge in [-0.2, -0.15) is 8.78 Å². The van der Waals surface area contributed by atoms with Crippen molar-refractivity contribution < 1.29 is 23.6 Å². The summed E-state index contributed by atoms with van der Waals surface area (Å²) in [5, 5.41) is 18.8. The van der Waals surface area contributed by atoms with Gasteiger partial charge >= 0.3 is 11.9 Å². The van der Waals surface area contributed by atoms with Crippen LogP contribution in [0.25, 0.3) is 0 Å². The number of halogens is 2. The van der Waals surface area contributed by atoms with E-state index in [4.69, 9.17) is 5.11 Å². The number of rotatable bonds is 4. The largest absolute Gasteiger partial charge is 0.477 e. The Balaban J connectivity index is 3.10. The number of alkyl halides is 2. The normalized spacial score (nSPS) is 11.2. The lowest BCUT2D eigenvalue weighted by molar-refractivity contribution is -0.384. The third-order valence-electron chi connectivity index (χ3n) is 2.27. The molecule has 5 nitrogen and oxygen atoms in total. The van der Waals surface area contributed by atoms with Gasteiger partial charge in [0, 0.05) is 18.6 Å². The average Bonchev–Trinajstić information content (AvgIpc) is 2.20. The summed E-state index contributed by atoms with van der Waals surface area (Å²) < 4.78 is 26.0. The molecular formula is C10H9F2NO4. The van der Waals surface area contributed by atoms with Gasteiger partial charge in [0.2, 0.25) is 0 Å². The molecule has 0 amide bonds. The molecule has 0 saturated heterocycles. The van der Waals surface area contributed by atoms with Crippen LogP contribution in [0.2, 0.25) is 0 Å². The molecule has 17 heavy (non-hydrogen) atoms. The number of non-ortho nitro benzene ring substituents is 1. The lowest BCUT2D eigenvalue weighted by Crippen LogP contribution is -2.30. The van der Waals surface area contributed by atoms with Crippen molar-refractivity contribution in [2.75, 3.05) is 0 Å². The summed E-state index contributed by atoms with van der Waals surface area (Å²) in [5.41, 5.74) is -0.00471. The Morgan fingerprint density at radius 1 is 1.53 bits per heavy atom. The van der Waals surface area contributed by atoms with Crippen LogP contribution in [-0.2, 0) is 11.2 Å². The van der Waals surface area contributed by atoms with Crippen LogP contribution in [0.5, 0.6) is 0 Å². The molecule has 1 aromatic carbocycles. The second-order valence-corrected chi connectivity index (χ2v) is 3.55. The molecule has 0 unspecified atom stereocenters. The highest BCUT2D eigenvalue weighted by Gasteiger charge is 2.39. The van der Waals surface area contributed by atoms with E-state index in [1.807, 2.05) is 0 Å². The summed E-state index contributed by atoms with van der Waals surface area (Å²) in [4.78, 5) is 20.0. The number of aliphatic carboxylic acids is 1. The third-order valence-corrected chi connectivity index (χ3v) is 2.27. The quantitative estimate of drug-likeness (QED) is 0.651. The van der Waals surface area contributed by atoms with Crippen molar-refractivity contribution in [2.45, 2.75) is 19.3 Å². The number of benzene rings is 1. The Labute approximate surface area is 94.8 Å². The highest BCUT2D eigenvalue weighted by molar-refractivity contribution is 5.75. The van der Waals surface area contributed by atoms with Crippen molar-refractivity contribution in [3.63, 3.8) is 0 Å². The molecule has 0 heterocycles. The first kappa shape index (κ1) is 13.0. The zero-order valence-corrected chi connectivity index (χ0v) is 8.81. The zero-order valence-electron chi connectivity index (χ0n) is 8.81. The zero-order chi connectivity index (χ0) is 13.2. The van der Waals surface area contributed by atoms with Crippen molar-refractivity contribution in [2.24, 2.45) is 0 Å². The molecule has 0 fully saturated rings. The molecule has 0 bridgehead atoms. The lowest BCUT2D eigenvalue weighted by atomic mass is 10.0. The number of nitrogens with zero attached hydrogens (tertiary/aromatic N) is 1. The van der Waals surface area contributed by atoms with Crippen molar-refractivity contribution in [3.05, 3.63) is 39.4 Å². The van der Waals surface area contributed by atoms with Crippen LogP contribution in [0.3, 0.4) is 0 Å². The summed E-state index contributed by atoms with van der Waals surface area (Å²) in [6.45, 7) is 1.48. The van der Waals surface area contributed by atoms with Gasteiger partial charge in [-0.15, -0.1) is 0 Å². The number of nitro groups is 1. The van der Waals surface area contributed by atoms with Gasteiger partial charge in [0.25, 0.3) is 5.69 Å². The van der Waals surface area contributed by atoms with E-state index in [1.165, 1.54) is 19.1 Å². The van der Waals surface area contributed by atoms with Gasteiger partial charge in [-0.3, -0.25) is 10.1 Å². The number of carboxylic acids is 1. The first-order valence-corrected chi connectivity index (χ1v) is 4.59. The molecule has 1 rings (SSSR count). The van der Waals surface area contributed by atoms with Gasteiger partial charge in [0.1, 0.15) is 0 Å². The molecule has 0 radical (unpaired) electrons. The number of nitro benzene ring substituents is 1. The third kappa shape index (κ3) is 2.96. The minimum atomic E-state index is -3.93. The van der Waals surface area contributed by atoms with E-state index in [2.05, 4.69) is 0 Å². The van der Waals surface area contributed by atoms with E-state index < -0.39 is 23.2 Å². The highest BCUT2D eigenvalue weighted by atomic mass is 19.3. The van der Waals surface area contributed by atoms with Gasteiger partial charge in [-0.25, -0.2) is 4.79 Å². The molecule has 0 aliphatic carbocycles. The van der Waals surface area contributed by atoms with Crippen molar-refractivity contribution in [1.82, 2.24) is 0 Å². The van der Waals surface area contributed by atoms with Crippen LogP contribution in [0.15, 0.2) is 18.2 Å². The summed E-state index contributed by atoms with van der Waals surface area (Å²) in [5.74, 6) is -6.18. The van der Waals surface area contributed by atoms with Crippen LogP contribution >= 0.6 is 0 Å². The van der Waals surface area contributed by atoms with Crippen molar-refractivity contribution in [1.29, 1.82) is 0 Å². The number of hydrogen-bond donors (Lipinski definition) is 1. The van der Waals surface area contributed by atoms with E-state index in [0.717, 1.165) is 6.07 Å². The van der Waals surface area contributed by atoms with Gasteiger partial charge in [0.05, 0.1) is 4.92 Å². The summed E-state index contributed by atoms with van der Waals surface area (Å²) in [7, 11) is 0. The number of aryl methyl sites for hydroxylation is 1. The van der Waals surface area contributed by atoms with Crippen LogP contribution in [0.1, 0.15) is 11.1 Å². The maximum Gasteiger partial charge on any atom is 0.374 e. The van der Waals surface area contributed by atoms with Crippen LogP contribution in [0, 0.1) is 17.0 Å². The monoisotopic (exact) mass is 245 g/mol. The van der Waals surface area contributed by atoms with E-state index in [9.17, 15) is 23.7 Å². The summed E-state index contributed by atoms with van der Waals surface area (Å²) >= 11 is 0. The van der Waals surface area contributed by atoms with Crippen LogP contribution in [-0.4, -0.2) is 21.9 Å². The second kappa shape index (κ2) is 4.44. The molecule has 1 N–H and O–H groups in total. The standard InChI is InChI=1S/C10H9F2NO4/c1-6-2-3-8(13(16)17)4-7(6)5-10(11,12)9(14)15/h2-4H,5H2,1H3,(H,14,15). The molecule has 0 spiro atoms.